The standard InChI is InChI=1S/C16H17N3OS/c1-10-6-7-12(9-11(10)2)14-13(5-4-8-20)15(21)19-16(17-3)18-14/h4-9H,1-3H3,(H2,17,18,19,21)/b5-4+. The molecule has 21 heavy (non-hydrogen) atoms. The average molecular weight is 299 g/mol. The lowest BCUT2D eigenvalue weighted by Gasteiger charge is -2.11. The van der Waals surface area contributed by atoms with E-state index < -0.39 is 0 Å². The zero-order valence-electron chi connectivity index (χ0n) is 12.2. The van der Waals surface area contributed by atoms with Crippen LogP contribution in [-0.4, -0.2) is 23.3 Å². The Bertz CT molecular complexity index is 763. The predicted octanol–water partition coefficient (Wildman–Crippen LogP) is 3.68. The predicted molar refractivity (Wildman–Crippen MR) is 89.0 cm³/mol. The molecule has 0 saturated heterocycles. The van der Waals surface area contributed by atoms with Crippen LogP contribution >= 0.6 is 12.2 Å². The van der Waals surface area contributed by atoms with E-state index in [1.54, 1.807) is 13.1 Å². The number of nitrogens with one attached hydrogen (secondary N) is 2. The highest BCUT2D eigenvalue weighted by Crippen LogP contribution is 2.26. The molecule has 108 valence electrons. The second-order valence-corrected chi connectivity index (χ2v) is 5.11. The van der Waals surface area contributed by atoms with Gasteiger partial charge >= 0.3 is 0 Å². The number of aryl methyl sites for hydroxylation is 2. The number of hydrogen-bond donors (Lipinski definition) is 2. The third-order valence-electron chi connectivity index (χ3n) is 3.33. The molecule has 0 aliphatic rings. The van der Waals surface area contributed by atoms with Gasteiger partial charge in [-0.1, -0.05) is 24.4 Å². The quantitative estimate of drug-likeness (QED) is 0.514. The number of benzene rings is 1. The van der Waals surface area contributed by atoms with Gasteiger partial charge in [-0.15, -0.1) is 0 Å². The maximum Gasteiger partial charge on any atom is 0.201 e. The van der Waals surface area contributed by atoms with Crippen molar-refractivity contribution in [2.45, 2.75) is 13.8 Å². The summed E-state index contributed by atoms with van der Waals surface area (Å²) in [5.41, 5.74) is 5.01. The highest BCUT2D eigenvalue weighted by molar-refractivity contribution is 7.71. The van der Waals surface area contributed by atoms with Crippen LogP contribution < -0.4 is 5.32 Å². The zero-order valence-corrected chi connectivity index (χ0v) is 13.0. The maximum absolute atomic E-state index is 10.6. The van der Waals surface area contributed by atoms with E-state index in [2.05, 4.69) is 41.3 Å². The number of anilines is 1. The largest absolute Gasteiger partial charge is 0.359 e. The van der Waals surface area contributed by atoms with Crippen LogP contribution in [0.15, 0.2) is 24.3 Å². The zero-order chi connectivity index (χ0) is 15.4. The van der Waals surface area contributed by atoms with E-state index in [1.165, 1.54) is 17.2 Å². The smallest absolute Gasteiger partial charge is 0.201 e. The molecule has 0 radical (unpaired) electrons. The number of aromatic amines is 1. The van der Waals surface area contributed by atoms with Gasteiger partial charge in [-0.3, -0.25) is 4.79 Å². The van der Waals surface area contributed by atoms with Crippen molar-refractivity contribution in [3.8, 4) is 11.3 Å². The van der Waals surface area contributed by atoms with Crippen molar-refractivity contribution in [3.05, 3.63) is 45.6 Å². The molecule has 0 aliphatic heterocycles. The fourth-order valence-electron chi connectivity index (χ4n) is 2.02. The molecule has 0 atom stereocenters. The van der Waals surface area contributed by atoms with Crippen LogP contribution in [0.25, 0.3) is 17.3 Å². The van der Waals surface area contributed by atoms with Gasteiger partial charge in [0.2, 0.25) is 5.95 Å². The van der Waals surface area contributed by atoms with Crippen LogP contribution in [-0.2, 0) is 4.79 Å². The monoisotopic (exact) mass is 299 g/mol. The lowest BCUT2D eigenvalue weighted by atomic mass is 10.0. The summed E-state index contributed by atoms with van der Waals surface area (Å²) in [5, 5.41) is 2.96. The van der Waals surface area contributed by atoms with Gasteiger partial charge in [0.05, 0.1) is 5.69 Å². The molecule has 2 rings (SSSR count). The van der Waals surface area contributed by atoms with Crippen molar-refractivity contribution in [2.75, 3.05) is 12.4 Å². The molecular weight excluding hydrogens is 282 g/mol. The van der Waals surface area contributed by atoms with Gasteiger partial charge in [-0.25, -0.2) is 4.98 Å². The molecule has 0 saturated carbocycles. The van der Waals surface area contributed by atoms with Gasteiger partial charge in [-0.2, -0.15) is 0 Å². The summed E-state index contributed by atoms with van der Waals surface area (Å²) < 4.78 is 0.449. The van der Waals surface area contributed by atoms with E-state index >= 15 is 0 Å². The lowest BCUT2D eigenvalue weighted by molar-refractivity contribution is -0.104. The van der Waals surface area contributed by atoms with Crippen molar-refractivity contribution < 1.29 is 4.79 Å². The van der Waals surface area contributed by atoms with Gasteiger partial charge in [0, 0.05) is 12.6 Å². The Kier molecular flexibility index (Phi) is 4.65. The summed E-state index contributed by atoms with van der Waals surface area (Å²) in [5.74, 6) is 0.594. The van der Waals surface area contributed by atoms with Crippen molar-refractivity contribution >= 4 is 30.5 Å². The number of carbonyl (C=O) groups is 1. The molecule has 4 nitrogen and oxygen atoms in total. The second kappa shape index (κ2) is 6.45. The Morgan fingerprint density at radius 3 is 2.67 bits per heavy atom. The van der Waals surface area contributed by atoms with Crippen LogP contribution in [0.4, 0.5) is 5.95 Å². The number of aromatic nitrogens is 2. The molecule has 0 spiro atoms. The summed E-state index contributed by atoms with van der Waals surface area (Å²) in [4.78, 5) is 18.1. The van der Waals surface area contributed by atoms with Crippen LogP contribution in [0.5, 0.6) is 0 Å². The average Bonchev–Trinajstić information content (AvgIpc) is 2.48. The number of nitrogens with zero attached hydrogens (tertiary/aromatic N) is 1. The molecular formula is C16H17N3OS. The second-order valence-electron chi connectivity index (χ2n) is 4.72. The molecule has 0 fully saturated rings. The van der Waals surface area contributed by atoms with Crippen LogP contribution in [0, 0.1) is 18.5 Å². The van der Waals surface area contributed by atoms with E-state index in [-0.39, 0.29) is 0 Å². The number of carbonyl (C=O) groups excluding carboxylic acids is 1. The van der Waals surface area contributed by atoms with Crippen LogP contribution in [0.2, 0.25) is 0 Å². The minimum absolute atomic E-state index is 0.449. The van der Waals surface area contributed by atoms with Gasteiger partial charge in [-0.05, 0) is 48.8 Å². The van der Waals surface area contributed by atoms with Crippen molar-refractivity contribution in [1.82, 2.24) is 9.97 Å². The number of H-pyrrole nitrogens is 1. The number of hydrogen-bond acceptors (Lipinski definition) is 4. The summed E-state index contributed by atoms with van der Waals surface area (Å²) in [6.07, 6.45) is 3.83. The Labute approximate surface area is 128 Å². The van der Waals surface area contributed by atoms with Crippen molar-refractivity contribution in [3.63, 3.8) is 0 Å². The van der Waals surface area contributed by atoms with E-state index in [0.717, 1.165) is 23.1 Å². The Hall–Kier alpha value is -2.27. The lowest BCUT2D eigenvalue weighted by Crippen LogP contribution is -2.01. The molecule has 1 aromatic heterocycles. The van der Waals surface area contributed by atoms with Gasteiger partial charge < -0.3 is 10.3 Å². The number of rotatable bonds is 4. The Morgan fingerprint density at radius 2 is 2.05 bits per heavy atom. The third-order valence-corrected chi connectivity index (χ3v) is 3.64. The minimum Gasteiger partial charge on any atom is -0.359 e. The van der Waals surface area contributed by atoms with Crippen molar-refractivity contribution in [1.29, 1.82) is 0 Å². The molecule has 1 aromatic carbocycles. The molecule has 1 heterocycles. The van der Waals surface area contributed by atoms with E-state index in [0.29, 0.717) is 10.6 Å². The highest BCUT2D eigenvalue weighted by Gasteiger charge is 2.09. The maximum atomic E-state index is 10.6. The van der Waals surface area contributed by atoms with Gasteiger partial charge in [0.15, 0.2) is 0 Å². The first kappa shape index (κ1) is 15.1. The van der Waals surface area contributed by atoms with Crippen molar-refractivity contribution in [2.24, 2.45) is 0 Å². The fourth-order valence-corrected chi connectivity index (χ4v) is 2.28. The molecule has 0 unspecified atom stereocenters. The minimum atomic E-state index is 0.449. The topological polar surface area (TPSA) is 57.8 Å². The van der Waals surface area contributed by atoms with Gasteiger partial charge in [0.1, 0.15) is 10.9 Å². The van der Waals surface area contributed by atoms with E-state index in [1.807, 2.05) is 6.07 Å². The SMILES string of the molecule is CNc1nc(=S)c(/C=C/C=O)c(-c2ccc(C)c(C)c2)[nH]1. The molecule has 5 heteroatoms. The summed E-state index contributed by atoms with van der Waals surface area (Å²) in [7, 11) is 1.78. The molecule has 0 bridgehead atoms. The molecule has 0 aliphatic carbocycles. The highest BCUT2D eigenvalue weighted by atomic mass is 32.1. The molecule has 0 amide bonds. The fraction of sp³-hybridized carbons (Fsp3) is 0.188. The van der Waals surface area contributed by atoms with Crippen LogP contribution in [0.1, 0.15) is 16.7 Å². The molecule has 2 N–H and O–H groups in total. The van der Waals surface area contributed by atoms with E-state index in [9.17, 15) is 4.79 Å². The summed E-state index contributed by atoms with van der Waals surface area (Å²) in [6, 6.07) is 6.18. The van der Waals surface area contributed by atoms with E-state index in [4.69, 9.17) is 12.2 Å². The number of allylic oxidation sites excluding steroid dienone is 1. The van der Waals surface area contributed by atoms with Crippen LogP contribution in [0.3, 0.4) is 0 Å². The normalized spacial score (nSPS) is 10.8. The third kappa shape index (κ3) is 3.25. The first-order valence-electron chi connectivity index (χ1n) is 6.58. The summed E-state index contributed by atoms with van der Waals surface area (Å²) >= 11 is 5.33. The Morgan fingerprint density at radius 1 is 1.29 bits per heavy atom. The molecule has 2 aromatic rings. The first-order valence-corrected chi connectivity index (χ1v) is 6.99. The Balaban J connectivity index is 2.71. The first-order chi connectivity index (χ1) is 10.1. The number of aldehydes is 1. The van der Waals surface area contributed by atoms with Gasteiger partial charge in [0.25, 0.3) is 0 Å². The summed E-state index contributed by atoms with van der Waals surface area (Å²) in [6.45, 7) is 4.13.